The highest BCUT2D eigenvalue weighted by molar-refractivity contribution is 6.05. The van der Waals surface area contributed by atoms with Crippen molar-refractivity contribution in [1.29, 1.82) is 0 Å². The Bertz CT molecular complexity index is 545. The van der Waals surface area contributed by atoms with Gasteiger partial charge in [0.15, 0.2) is 0 Å². The van der Waals surface area contributed by atoms with E-state index < -0.39 is 0 Å². The molecular weight excluding hydrogens is 292 g/mol. The van der Waals surface area contributed by atoms with Crippen molar-refractivity contribution in [2.75, 3.05) is 6.54 Å². The summed E-state index contributed by atoms with van der Waals surface area (Å²) in [5.74, 6) is 0.864. The van der Waals surface area contributed by atoms with Gasteiger partial charge in [0.2, 0.25) is 17.7 Å². The van der Waals surface area contributed by atoms with Crippen LogP contribution < -0.4 is 5.32 Å². The van der Waals surface area contributed by atoms with Crippen LogP contribution in [0.1, 0.15) is 44.9 Å². The molecule has 4 aliphatic rings. The van der Waals surface area contributed by atoms with E-state index in [0.29, 0.717) is 24.8 Å². The van der Waals surface area contributed by atoms with Gasteiger partial charge in [-0.1, -0.05) is 18.6 Å². The van der Waals surface area contributed by atoms with E-state index in [2.05, 4.69) is 5.32 Å². The lowest BCUT2D eigenvalue weighted by Crippen LogP contribution is -2.41. The van der Waals surface area contributed by atoms with E-state index in [1.807, 2.05) is 12.2 Å². The zero-order valence-corrected chi connectivity index (χ0v) is 13.4. The first-order valence-electron chi connectivity index (χ1n) is 8.93. The van der Waals surface area contributed by atoms with Crippen molar-refractivity contribution in [1.82, 2.24) is 10.2 Å². The molecule has 0 aromatic carbocycles. The molecule has 0 aromatic heterocycles. The van der Waals surface area contributed by atoms with Gasteiger partial charge in [-0.3, -0.25) is 19.3 Å². The van der Waals surface area contributed by atoms with E-state index >= 15 is 0 Å². The molecule has 5 atom stereocenters. The molecule has 0 radical (unpaired) electrons. The van der Waals surface area contributed by atoms with Crippen LogP contribution in [0.15, 0.2) is 12.2 Å². The van der Waals surface area contributed by atoms with Gasteiger partial charge in [-0.25, -0.2) is 0 Å². The lowest BCUT2D eigenvalue weighted by atomic mass is 9.85. The van der Waals surface area contributed by atoms with E-state index in [0.717, 1.165) is 12.3 Å². The van der Waals surface area contributed by atoms with Gasteiger partial charge in [0.1, 0.15) is 0 Å². The van der Waals surface area contributed by atoms with E-state index in [1.54, 1.807) is 0 Å². The molecule has 1 N–H and O–H groups in total. The predicted octanol–water partition coefficient (Wildman–Crippen LogP) is 1.63. The molecule has 3 amide bonds. The lowest BCUT2D eigenvalue weighted by Gasteiger charge is -2.23. The highest BCUT2D eigenvalue weighted by Gasteiger charge is 2.47. The third kappa shape index (κ3) is 2.60. The lowest BCUT2D eigenvalue weighted by molar-refractivity contribution is -0.140. The quantitative estimate of drug-likeness (QED) is 0.633. The molecule has 2 bridgehead atoms. The fraction of sp³-hybridized carbons (Fsp3) is 0.722. The molecule has 0 aromatic rings. The maximum absolute atomic E-state index is 12.4. The minimum absolute atomic E-state index is 0.0175. The van der Waals surface area contributed by atoms with Crippen LogP contribution in [-0.2, 0) is 14.4 Å². The van der Waals surface area contributed by atoms with Crippen LogP contribution in [0.25, 0.3) is 0 Å². The first kappa shape index (κ1) is 14.9. The topological polar surface area (TPSA) is 66.5 Å². The Morgan fingerprint density at radius 3 is 2.35 bits per heavy atom. The van der Waals surface area contributed by atoms with Crippen LogP contribution in [0.3, 0.4) is 0 Å². The molecule has 1 aliphatic heterocycles. The molecule has 23 heavy (non-hydrogen) atoms. The molecule has 0 unspecified atom stereocenters. The first-order chi connectivity index (χ1) is 11.1. The van der Waals surface area contributed by atoms with Gasteiger partial charge < -0.3 is 5.32 Å². The van der Waals surface area contributed by atoms with Gasteiger partial charge in [-0.2, -0.15) is 0 Å². The van der Waals surface area contributed by atoms with E-state index in [4.69, 9.17) is 0 Å². The number of rotatable bonds is 4. The summed E-state index contributed by atoms with van der Waals surface area (Å²) in [4.78, 5) is 38.2. The second kappa shape index (κ2) is 5.77. The molecule has 124 valence electrons. The van der Waals surface area contributed by atoms with Crippen molar-refractivity contribution in [2.45, 2.75) is 51.0 Å². The normalized spacial score (nSPS) is 38.3. The third-order valence-corrected chi connectivity index (χ3v) is 6.25. The Hall–Kier alpha value is -1.65. The second-order valence-corrected chi connectivity index (χ2v) is 7.58. The number of nitrogens with one attached hydrogen (secondary N) is 1. The number of imide groups is 1. The monoisotopic (exact) mass is 316 g/mol. The highest BCUT2D eigenvalue weighted by Crippen LogP contribution is 2.44. The molecular formula is C18H24N2O3. The molecule has 2 saturated carbocycles. The molecule has 4 rings (SSSR count). The molecule has 0 spiro atoms. The number of nitrogens with zero attached hydrogens (tertiary/aromatic N) is 1. The Morgan fingerprint density at radius 2 is 1.78 bits per heavy atom. The van der Waals surface area contributed by atoms with Gasteiger partial charge in [0, 0.05) is 19.0 Å². The number of allylic oxidation sites excluding steroid dienone is 2. The minimum atomic E-state index is -0.193. The summed E-state index contributed by atoms with van der Waals surface area (Å²) in [5, 5.41) is 3.13. The van der Waals surface area contributed by atoms with Gasteiger partial charge in [0.25, 0.3) is 0 Å². The molecule has 1 heterocycles. The van der Waals surface area contributed by atoms with Crippen LogP contribution >= 0.6 is 0 Å². The van der Waals surface area contributed by atoms with E-state index in [9.17, 15) is 14.4 Å². The van der Waals surface area contributed by atoms with Gasteiger partial charge >= 0.3 is 0 Å². The molecule has 1 saturated heterocycles. The highest BCUT2D eigenvalue weighted by atomic mass is 16.2. The number of fused-ring (bicyclic) bond motifs is 3. The van der Waals surface area contributed by atoms with Crippen LogP contribution in [0.2, 0.25) is 0 Å². The van der Waals surface area contributed by atoms with E-state index in [1.165, 1.54) is 24.2 Å². The molecule has 5 nitrogen and oxygen atoms in total. The maximum atomic E-state index is 12.4. The van der Waals surface area contributed by atoms with Gasteiger partial charge in [-0.15, -0.1) is 0 Å². The van der Waals surface area contributed by atoms with Gasteiger partial charge in [-0.05, 0) is 43.9 Å². The van der Waals surface area contributed by atoms with Crippen molar-refractivity contribution in [2.24, 2.45) is 23.7 Å². The Balaban J connectivity index is 1.30. The molecule has 5 heteroatoms. The van der Waals surface area contributed by atoms with Crippen LogP contribution in [0.4, 0.5) is 0 Å². The van der Waals surface area contributed by atoms with Crippen LogP contribution in [0, 0.1) is 23.7 Å². The van der Waals surface area contributed by atoms with Crippen LogP contribution in [0.5, 0.6) is 0 Å². The number of hydrogen-bond donors (Lipinski definition) is 1. The average Bonchev–Trinajstić information content (AvgIpc) is 3.22. The SMILES string of the molecule is O=C(CCN1C(=O)[C@@H]2CC=CC[C@H]2C1=O)N[C@@H]1C[C@H]2CC[C@H]1C2. The predicted molar refractivity (Wildman–Crippen MR) is 84.1 cm³/mol. The summed E-state index contributed by atoms with van der Waals surface area (Å²) < 4.78 is 0. The summed E-state index contributed by atoms with van der Waals surface area (Å²) in [6.07, 6.45) is 10.4. The molecule has 3 aliphatic carbocycles. The summed E-state index contributed by atoms with van der Waals surface area (Å²) in [6, 6.07) is 0.318. The zero-order valence-electron chi connectivity index (χ0n) is 13.4. The second-order valence-electron chi connectivity index (χ2n) is 7.58. The van der Waals surface area contributed by atoms with Crippen LogP contribution in [-0.4, -0.2) is 35.2 Å². The number of likely N-dealkylation sites (tertiary alicyclic amines) is 1. The van der Waals surface area contributed by atoms with Crippen molar-refractivity contribution >= 4 is 17.7 Å². The number of amides is 3. The summed E-state index contributed by atoms with van der Waals surface area (Å²) in [7, 11) is 0. The first-order valence-corrected chi connectivity index (χ1v) is 8.93. The summed E-state index contributed by atoms with van der Waals surface area (Å²) in [5.41, 5.74) is 0. The number of carbonyl (C=O) groups is 3. The summed E-state index contributed by atoms with van der Waals surface area (Å²) in [6.45, 7) is 0.233. The van der Waals surface area contributed by atoms with Gasteiger partial charge in [0.05, 0.1) is 11.8 Å². The summed E-state index contributed by atoms with van der Waals surface area (Å²) >= 11 is 0. The minimum Gasteiger partial charge on any atom is -0.353 e. The van der Waals surface area contributed by atoms with Crippen molar-refractivity contribution in [3.8, 4) is 0 Å². The van der Waals surface area contributed by atoms with Crippen molar-refractivity contribution in [3.63, 3.8) is 0 Å². The Labute approximate surface area is 136 Å². The fourth-order valence-electron chi connectivity index (χ4n) is 5.00. The Kier molecular flexibility index (Phi) is 3.74. The third-order valence-electron chi connectivity index (χ3n) is 6.25. The standard InChI is InChI=1S/C18H24N2O3/c21-16(19-15-10-11-5-6-12(15)9-11)7-8-20-17(22)13-3-1-2-4-14(13)18(20)23/h1-2,11-15H,3-10H2,(H,19,21)/t11-,12-,13+,14+,15+/m0/s1. The van der Waals surface area contributed by atoms with Crippen molar-refractivity contribution < 1.29 is 14.4 Å². The maximum Gasteiger partial charge on any atom is 0.233 e. The molecule has 3 fully saturated rings. The smallest absolute Gasteiger partial charge is 0.233 e. The Morgan fingerprint density at radius 1 is 1.09 bits per heavy atom. The van der Waals surface area contributed by atoms with Crippen molar-refractivity contribution in [3.05, 3.63) is 12.2 Å². The fourth-order valence-corrected chi connectivity index (χ4v) is 5.00. The largest absolute Gasteiger partial charge is 0.353 e. The average molecular weight is 316 g/mol. The number of carbonyl (C=O) groups excluding carboxylic acids is 3. The zero-order chi connectivity index (χ0) is 16.0. The van der Waals surface area contributed by atoms with E-state index in [-0.39, 0.29) is 42.5 Å². The number of hydrogen-bond acceptors (Lipinski definition) is 3.